The van der Waals surface area contributed by atoms with E-state index in [4.69, 9.17) is 5.11 Å². The Hall–Kier alpha value is -0.410. The number of aliphatic hydroxyl groups is 1. The fourth-order valence-electron chi connectivity index (χ4n) is 0.934. The number of thiazole rings is 1. The highest BCUT2D eigenvalue weighted by atomic mass is 32.1. The molecule has 0 aliphatic carbocycles. The third kappa shape index (κ3) is 2.60. The number of rotatable bonds is 3. The lowest BCUT2D eigenvalue weighted by molar-refractivity contribution is 0.281. The third-order valence-electron chi connectivity index (χ3n) is 1.35. The molecule has 0 bridgehead atoms. The molecule has 0 aromatic carbocycles. The van der Waals surface area contributed by atoms with Crippen LogP contribution in [0.5, 0.6) is 0 Å². The van der Waals surface area contributed by atoms with E-state index >= 15 is 0 Å². The van der Waals surface area contributed by atoms with Crippen LogP contribution in [-0.4, -0.2) is 10.1 Å². The topological polar surface area (TPSA) is 33.1 Å². The van der Waals surface area contributed by atoms with Gasteiger partial charge in [-0.2, -0.15) is 0 Å². The van der Waals surface area contributed by atoms with Crippen LogP contribution >= 0.6 is 11.3 Å². The normalized spacial score (nSPS) is 10.9. The van der Waals surface area contributed by atoms with Gasteiger partial charge in [-0.1, -0.05) is 13.8 Å². The molecule has 0 fully saturated rings. The molecule has 0 unspecified atom stereocenters. The molecular formula is C8H13NOS. The van der Waals surface area contributed by atoms with E-state index in [1.54, 1.807) is 0 Å². The van der Waals surface area contributed by atoms with Crippen LogP contribution in [0.25, 0.3) is 0 Å². The first-order chi connectivity index (χ1) is 5.22. The summed E-state index contributed by atoms with van der Waals surface area (Å²) in [5.74, 6) is 0.642. The maximum absolute atomic E-state index is 8.73. The Morgan fingerprint density at radius 3 is 2.82 bits per heavy atom. The minimum absolute atomic E-state index is 0.0722. The second-order valence-electron chi connectivity index (χ2n) is 2.99. The van der Waals surface area contributed by atoms with Crippen molar-refractivity contribution in [2.45, 2.75) is 26.9 Å². The summed E-state index contributed by atoms with van der Waals surface area (Å²) >= 11 is 1.53. The van der Waals surface area contributed by atoms with Gasteiger partial charge in [-0.15, -0.1) is 11.3 Å². The largest absolute Gasteiger partial charge is 0.389 e. The molecule has 0 aliphatic heterocycles. The molecule has 0 atom stereocenters. The molecule has 0 saturated heterocycles. The van der Waals surface area contributed by atoms with E-state index in [1.807, 2.05) is 5.38 Å². The molecule has 1 rings (SSSR count). The van der Waals surface area contributed by atoms with Crippen LogP contribution < -0.4 is 0 Å². The Labute approximate surface area is 70.9 Å². The van der Waals surface area contributed by atoms with E-state index < -0.39 is 0 Å². The van der Waals surface area contributed by atoms with E-state index in [1.165, 1.54) is 11.3 Å². The molecule has 3 heteroatoms. The Balaban J connectivity index is 2.58. The molecule has 0 amide bonds. The average Bonchev–Trinajstić information content (AvgIpc) is 2.34. The molecular weight excluding hydrogens is 158 g/mol. The average molecular weight is 171 g/mol. The molecule has 2 nitrogen and oxygen atoms in total. The standard InChI is InChI=1S/C8H13NOS/c1-6(2)3-7-5-11-8(4-10)9-7/h5-6,10H,3-4H2,1-2H3. The van der Waals surface area contributed by atoms with Crippen LogP contribution in [0.4, 0.5) is 0 Å². The summed E-state index contributed by atoms with van der Waals surface area (Å²) in [7, 11) is 0. The SMILES string of the molecule is CC(C)Cc1csc(CO)n1. The fraction of sp³-hybridized carbons (Fsp3) is 0.625. The fourth-order valence-corrected chi connectivity index (χ4v) is 1.60. The number of hydrogen-bond donors (Lipinski definition) is 1. The predicted octanol–water partition coefficient (Wildman–Crippen LogP) is 1.83. The molecule has 11 heavy (non-hydrogen) atoms. The van der Waals surface area contributed by atoms with Gasteiger partial charge in [-0.3, -0.25) is 0 Å². The van der Waals surface area contributed by atoms with Crippen molar-refractivity contribution < 1.29 is 5.11 Å². The van der Waals surface area contributed by atoms with E-state index in [0.29, 0.717) is 5.92 Å². The van der Waals surface area contributed by atoms with Gasteiger partial charge in [0.05, 0.1) is 12.3 Å². The van der Waals surface area contributed by atoms with Crippen molar-refractivity contribution in [3.05, 3.63) is 16.1 Å². The van der Waals surface area contributed by atoms with Crippen LogP contribution in [0.2, 0.25) is 0 Å². The smallest absolute Gasteiger partial charge is 0.118 e. The van der Waals surface area contributed by atoms with Gasteiger partial charge in [0.2, 0.25) is 0 Å². The highest BCUT2D eigenvalue weighted by Gasteiger charge is 2.02. The third-order valence-corrected chi connectivity index (χ3v) is 2.23. The van der Waals surface area contributed by atoms with Crippen molar-refractivity contribution in [2.75, 3.05) is 0 Å². The molecule has 1 aromatic rings. The van der Waals surface area contributed by atoms with E-state index in [-0.39, 0.29) is 6.61 Å². The van der Waals surface area contributed by atoms with Gasteiger partial charge in [-0.25, -0.2) is 4.98 Å². The summed E-state index contributed by atoms with van der Waals surface area (Å²) in [6, 6.07) is 0. The zero-order chi connectivity index (χ0) is 8.27. The van der Waals surface area contributed by atoms with Crippen LogP contribution in [0.1, 0.15) is 24.5 Å². The van der Waals surface area contributed by atoms with Crippen LogP contribution in [0.15, 0.2) is 5.38 Å². The van der Waals surface area contributed by atoms with Gasteiger partial charge >= 0.3 is 0 Å². The molecule has 1 heterocycles. The summed E-state index contributed by atoms with van der Waals surface area (Å²) in [4.78, 5) is 4.24. The number of aromatic nitrogens is 1. The van der Waals surface area contributed by atoms with E-state index in [9.17, 15) is 0 Å². The highest BCUT2D eigenvalue weighted by Crippen LogP contribution is 2.12. The first-order valence-corrected chi connectivity index (χ1v) is 4.64. The number of hydrogen-bond acceptors (Lipinski definition) is 3. The molecule has 62 valence electrons. The highest BCUT2D eigenvalue weighted by molar-refractivity contribution is 7.09. The first kappa shape index (κ1) is 8.68. The summed E-state index contributed by atoms with van der Waals surface area (Å²) < 4.78 is 0. The van der Waals surface area contributed by atoms with Crippen LogP contribution in [0.3, 0.4) is 0 Å². The maximum Gasteiger partial charge on any atom is 0.118 e. The van der Waals surface area contributed by atoms with Crippen LogP contribution in [0, 0.1) is 5.92 Å². The van der Waals surface area contributed by atoms with Crippen molar-refractivity contribution in [2.24, 2.45) is 5.92 Å². The van der Waals surface area contributed by atoms with Gasteiger partial charge in [-0.05, 0) is 12.3 Å². The van der Waals surface area contributed by atoms with Crippen molar-refractivity contribution >= 4 is 11.3 Å². The lowest BCUT2D eigenvalue weighted by Crippen LogP contribution is -1.94. The monoisotopic (exact) mass is 171 g/mol. The minimum atomic E-state index is 0.0722. The predicted molar refractivity (Wildman–Crippen MR) is 46.6 cm³/mol. The van der Waals surface area contributed by atoms with Gasteiger partial charge in [0.25, 0.3) is 0 Å². The second-order valence-corrected chi connectivity index (χ2v) is 3.93. The van der Waals surface area contributed by atoms with Crippen molar-refractivity contribution in [3.8, 4) is 0 Å². The van der Waals surface area contributed by atoms with Gasteiger partial charge < -0.3 is 5.11 Å². The van der Waals surface area contributed by atoms with E-state index in [0.717, 1.165) is 17.1 Å². The number of nitrogens with zero attached hydrogens (tertiary/aromatic N) is 1. The van der Waals surface area contributed by atoms with Gasteiger partial charge in [0, 0.05) is 5.38 Å². The second kappa shape index (κ2) is 3.83. The summed E-state index contributed by atoms with van der Waals surface area (Å²) in [6.45, 7) is 4.40. The Morgan fingerprint density at radius 1 is 1.64 bits per heavy atom. The summed E-state index contributed by atoms with van der Waals surface area (Å²) in [6.07, 6.45) is 1.01. The Morgan fingerprint density at radius 2 is 2.36 bits per heavy atom. The molecule has 0 saturated carbocycles. The molecule has 0 aliphatic rings. The van der Waals surface area contributed by atoms with Crippen LogP contribution in [-0.2, 0) is 13.0 Å². The molecule has 0 spiro atoms. The quantitative estimate of drug-likeness (QED) is 0.752. The zero-order valence-electron chi connectivity index (χ0n) is 6.87. The lowest BCUT2D eigenvalue weighted by Gasteiger charge is -1.98. The molecule has 1 aromatic heterocycles. The van der Waals surface area contributed by atoms with Crippen molar-refractivity contribution in [3.63, 3.8) is 0 Å². The van der Waals surface area contributed by atoms with Gasteiger partial charge in [0.1, 0.15) is 5.01 Å². The molecule has 1 N–H and O–H groups in total. The Bertz CT molecular complexity index is 220. The van der Waals surface area contributed by atoms with E-state index in [2.05, 4.69) is 18.8 Å². The summed E-state index contributed by atoms with van der Waals surface area (Å²) in [5.41, 5.74) is 1.11. The Kier molecular flexibility index (Phi) is 3.02. The maximum atomic E-state index is 8.73. The summed E-state index contributed by atoms with van der Waals surface area (Å²) in [5, 5.41) is 11.6. The lowest BCUT2D eigenvalue weighted by atomic mass is 10.1. The molecule has 0 radical (unpaired) electrons. The minimum Gasteiger partial charge on any atom is -0.389 e. The number of aliphatic hydroxyl groups excluding tert-OH is 1. The van der Waals surface area contributed by atoms with Gasteiger partial charge in [0.15, 0.2) is 0 Å². The van der Waals surface area contributed by atoms with Crippen molar-refractivity contribution in [1.82, 2.24) is 4.98 Å². The zero-order valence-corrected chi connectivity index (χ0v) is 7.69. The first-order valence-electron chi connectivity index (χ1n) is 3.76. The van der Waals surface area contributed by atoms with Crippen molar-refractivity contribution in [1.29, 1.82) is 0 Å².